The SMILES string of the molecule is CS(=O)(=O)c1ccc(Oc2cc(NC(=O)OCc3ccccc3)cc(Oc3ccc(S(C)(=O)=O)cc3)c2)cc1. The van der Waals surface area contributed by atoms with Gasteiger partial charge in [-0.1, -0.05) is 30.3 Å². The molecule has 0 heterocycles. The number of carbonyl (C=O) groups is 1. The van der Waals surface area contributed by atoms with Crippen LogP contribution in [0.15, 0.2) is 107 Å². The molecule has 0 spiro atoms. The summed E-state index contributed by atoms with van der Waals surface area (Å²) in [7, 11) is -6.73. The number of amides is 1. The smallest absolute Gasteiger partial charge is 0.411 e. The molecule has 39 heavy (non-hydrogen) atoms. The van der Waals surface area contributed by atoms with E-state index in [1.807, 2.05) is 30.3 Å². The highest BCUT2D eigenvalue weighted by molar-refractivity contribution is 7.91. The average Bonchev–Trinajstić information content (AvgIpc) is 2.87. The topological polar surface area (TPSA) is 125 Å². The first-order valence-corrected chi connectivity index (χ1v) is 15.3. The number of ether oxygens (including phenoxy) is 3. The Morgan fingerprint density at radius 3 is 1.54 bits per heavy atom. The van der Waals surface area contributed by atoms with Crippen LogP contribution in [0.5, 0.6) is 23.0 Å². The number of hydrogen-bond donors (Lipinski definition) is 1. The molecule has 0 saturated carbocycles. The van der Waals surface area contributed by atoms with Gasteiger partial charge in [-0.2, -0.15) is 0 Å². The summed E-state index contributed by atoms with van der Waals surface area (Å²) in [6.07, 6.45) is 1.53. The molecule has 1 N–H and O–H groups in total. The van der Waals surface area contributed by atoms with Gasteiger partial charge < -0.3 is 14.2 Å². The number of anilines is 1. The number of hydrogen-bond acceptors (Lipinski definition) is 8. The van der Waals surface area contributed by atoms with Crippen molar-refractivity contribution in [3.05, 3.63) is 103 Å². The van der Waals surface area contributed by atoms with Gasteiger partial charge >= 0.3 is 6.09 Å². The fourth-order valence-electron chi connectivity index (χ4n) is 3.42. The van der Waals surface area contributed by atoms with Crippen LogP contribution in [0.25, 0.3) is 0 Å². The molecule has 0 atom stereocenters. The molecule has 4 aromatic carbocycles. The summed E-state index contributed by atoms with van der Waals surface area (Å²) in [6.45, 7) is 0.0750. The van der Waals surface area contributed by atoms with Gasteiger partial charge in [0.2, 0.25) is 0 Å². The first kappa shape index (κ1) is 27.7. The fourth-order valence-corrected chi connectivity index (χ4v) is 4.68. The van der Waals surface area contributed by atoms with Crippen molar-refractivity contribution in [1.29, 1.82) is 0 Å². The van der Waals surface area contributed by atoms with Crippen molar-refractivity contribution in [3.8, 4) is 23.0 Å². The van der Waals surface area contributed by atoms with Gasteiger partial charge in [0, 0.05) is 30.7 Å². The van der Waals surface area contributed by atoms with Crippen molar-refractivity contribution in [2.45, 2.75) is 16.4 Å². The molecule has 0 fully saturated rings. The van der Waals surface area contributed by atoms with Crippen molar-refractivity contribution in [2.24, 2.45) is 0 Å². The van der Waals surface area contributed by atoms with E-state index in [0.717, 1.165) is 18.1 Å². The third-order valence-electron chi connectivity index (χ3n) is 5.31. The number of rotatable bonds is 9. The molecule has 4 rings (SSSR count). The largest absolute Gasteiger partial charge is 0.457 e. The number of carbonyl (C=O) groups excluding carboxylic acids is 1. The maximum atomic E-state index is 12.5. The van der Waals surface area contributed by atoms with E-state index >= 15 is 0 Å². The number of sulfone groups is 2. The molecular formula is C28H25NO8S2. The molecule has 0 unspecified atom stereocenters. The van der Waals surface area contributed by atoms with Gasteiger partial charge in [-0.3, -0.25) is 5.32 Å². The van der Waals surface area contributed by atoms with E-state index in [0.29, 0.717) is 17.2 Å². The van der Waals surface area contributed by atoms with Gasteiger partial charge in [0.15, 0.2) is 19.7 Å². The number of benzene rings is 4. The molecule has 0 saturated heterocycles. The minimum atomic E-state index is -3.37. The van der Waals surface area contributed by atoms with Crippen LogP contribution in [0, 0.1) is 0 Å². The van der Waals surface area contributed by atoms with E-state index in [-0.39, 0.29) is 27.9 Å². The maximum Gasteiger partial charge on any atom is 0.411 e. The lowest BCUT2D eigenvalue weighted by atomic mass is 10.2. The predicted octanol–water partition coefficient (Wildman–Crippen LogP) is 5.83. The van der Waals surface area contributed by atoms with Crippen molar-refractivity contribution in [2.75, 3.05) is 17.8 Å². The third kappa shape index (κ3) is 8.06. The van der Waals surface area contributed by atoms with Crippen LogP contribution < -0.4 is 14.8 Å². The average molecular weight is 568 g/mol. The molecule has 4 aromatic rings. The Bertz CT molecular complexity index is 1570. The van der Waals surface area contributed by atoms with Crippen LogP contribution in [0.3, 0.4) is 0 Å². The summed E-state index contributed by atoms with van der Waals surface area (Å²) in [6, 6.07) is 25.6. The van der Waals surface area contributed by atoms with Gasteiger partial charge in [0.1, 0.15) is 29.6 Å². The first-order valence-electron chi connectivity index (χ1n) is 11.5. The summed E-state index contributed by atoms with van der Waals surface area (Å²) in [5.41, 5.74) is 1.13. The van der Waals surface area contributed by atoms with Gasteiger partial charge in [-0.15, -0.1) is 0 Å². The molecule has 0 radical (unpaired) electrons. The van der Waals surface area contributed by atoms with Crippen molar-refractivity contribution < 1.29 is 35.8 Å². The van der Waals surface area contributed by atoms with Gasteiger partial charge in [-0.25, -0.2) is 21.6 Å². The molecule has 0 aliphatic heterocycles. The lowest BCUT2D eigenvalue weighted by molar-refractivity contribution is 0.155. The Morgan fingerprint density at radius 1 is 0.641 bits per heavy atom. The molecule has 1 amide bonds. The second kappa shape index (κ2) is 11.6. The van der Waals surface area contributed by atoms with E-state index in [1.165, 1.54) is 48.5 Å². The third-order valence-corrected chi connectivity index (χ3v) is 7.57. The second-order valence-electron chi connectivity index (χ2n) is 8.57. The van der Waals surface area contributed by atoms with Crippen molar-refractivity contribution >= 4 is 31.5 Å². The molecule has 0 bridgehead atoms. The van der Waals surface area contributed by atoms with Crippen molar-refractivity contribution in [3.63, 3.8) is 0 Å². The Morgan fingerprint density at radius 2 is 1.10 bits per heavy atom. The molecular weight excluding hydrogens is 542 g/mol. The zero-order valence-electron chi connectivity index (χ0n) is 21.0. The van der Waals surface area contributed by atoms with Crippen LogP contribution in [0.2, 0.25) is 0 Å². The monoisotopic (exact) mass is 567 g/mol. The zero-order chi connectivity index (χ0) is 28.0. The Labute approximate surface area is 226 Å². The van der Waals surface area contributed by atoms with E-state index in [9.17, 15) is 21.6 Å². The van der Waals surface area contributed by atoms with E-state index < -0.39 is 25.8 Å². The molecule has 0 aliphatic rings. The quantitative estimate of drug-likeness (QED) is 0.268. The summed E-state index contributed by atoms with van der Waals surface area (Å²) in [5.74, 6) is 1.28. The van der Waals surface area contributed by atoms with Gasteiger partial charge in [0.25, 0.3) is 0 Å². The summed E-state index contributed by atoms with van der Waals surface area (Å²) < 4.78 is 64.1. The highest BCUT2D eigenvalue weighted by Gasteiger charge is 2.12. The van der Waals surface area contributed by atoms with Gasteiger partial charge in [0.05, 0.1) is 15.5 Å². The molecule has 11 heteroatoms. The summed E-state index contributed by atoms with van der Waals surface area (Å²) in [4.78, 5) is 12.8. The van der Waals surface area contributed by atoms with E-state index in [2.05, 4.69) is 5.32 Å². The first-order chi connectivity index (χ1) is 18.5. The normalized spacial score (nSPS) is 11.4. The number of nitrogens with one attached hydrogen (secondary N) is 1. The van der Waals surface area contributed by atoms with Crippen LogP contribution >= 0.6 is 0 Å². The van der Waals surface area contributed by atoms with E-state index in [1.54, 1.807) is 18.2 Å². The minimum absolute atomic E-state index is 0.0750. The Kier molecular flexibility index (Phi) is 8.22. The lowest BCUT2D eigenvalue weighted by Crippen LogP contribution is -2.13. The fraction of sp³-hybridized carbons (Fsp3) is 0.107. The Balaban J connectivity index is 1.56. The van der Waals surface area contributed by atoms with Crippen LogP contribution in [0.4, 0.5) is 10.5 Å². The zero-order valence-corrected chi connectivity index (χ0v) is 22.7. The molecule has 0 aromatic heterocycles. The highest BCUT2D eigenvalue weighted by Crippen LogP contribution is 2.33. The van der Waals surface area contributed by atoms with Crippen LogP contribution in [-0.2, 0) is 31.0 Å². The summed E-state index contributed by atoms with van der Waals surface area (Å²) in [5, 5.41) is 2.64. The predicted molar refractivity (Wildman–Crippen MR) is 146 cm³/mol. The van der Waals surface area contributed by atoms with Gasteiger partial charge in [-0.05, 0) is 54.1 Å². The molecule has 9 nitrogen and oxygen atoms in total. The molecule has 202 valence electrons. The van der Waals surface area contributed by atoms with Crippen LogP contribution in [0.1, 0.15) is 5.56 Å². The minimum Gasteiger partial charge on any atom is -0.457 e. The Hall–Kier alpha value is -4.35. The van der Waals surface area contributed by atoms with E-state index in [4.69, 9.17) is 14.2 Å². The summed E-state index contributed by atoms with van der Waals surface area (Å²) >= 11 is 0. The lowest BCUT2D eigenvalue weighted by Gasteiger charge is -2.13. The molecule has 0 aliphatic carbocycles. The highest BCUT2D eigenvalue weighted by atomic mass is 32.2. The second-order valence-corrected chi connectivity index (χ2v) is 12.6. The maximum absolute atomic E-state index is 12.5. The van der Waals surface area contributed by atoms with Crippen LogP contribution in [-0.4, -0.2) is 35.4 Å². The standard InChI is InChI=1S/C28H25NO8S2/c1-38(31,32)26-12-8-22(9-13-26)36-24-16-21(29-28(30)35-19-20-6-4-3-5-7-20)17-25(18-24)37-23-10-14-27(15-11-23)39(2,33)34/h3-18H,19H2,1-2H3,(H,29,30). The van der Waals surface area contributed by atoms with Crippen molar-refractivity contribution in [1.82, 2.24) is 0 Å².